The zero-order valence-corrected chi connectivity index (χ0v) is 14.6. The summed E-state index contributed by atoms with van der Waals surface area (Å²) in [5.74, 6) is 0.931. The number of ether oxygens (including phenoxy) is 1. The van der Waals surface area contributed by atoms with E-state index in [0.29, 0.717) is 6.04 Å². The van der Waals surface area contributed by atoms with E-state index in [1.807, 2.05) is 6.07 Å². The van der Waals surface area contributed by atoms with Crippen LogP contribution >= 0.6 is 15.9 Å². The highest BCUT2D eigenvalue weighted by molar-refractivity contribution is 9.10. The summed E-state index contributed by atoms with van der Waals surface area (Å²) in [6.07, 6.45) is 9.00. The molecule has 0 saturated carbocycles. The molecule has 0 radical (unpaired) electrons. The van der Waals surface area contributed by atoms with Gasteiger partial charge in [-0.1, -0.05) is 55.0 Å². The predicted molar refractivity (Wildman–Crippen MR) is 90.6 cm³/mol. The molecule has 114 valence electrons. The molecule has 1 N–H and O–H groups in total. The van der Waals surface area contributed by atoms with Crippen LogP contribution in [0.3, 0.4) is 0 Å². The van der Waals surface area contributed by atoms with Crippen molar-refractivity contribution in [2.75, 3.05) is 14.2 Å². The first-order valence-corrected chi connectivity index (χ1v) is 8.50. The van der Waals surface area contributed by atoms with Gasteiger partial charge in [-0.15, -0.1) is 0 Å². The number of methoxy groups -OCH3 is 1. The second kappa shape index (κ2) is 10.2. The van der Waals surface area contributed by atoms with Crippen LogP contribution in [-0.4, -0.2) is 20.2 Å². The van der Waals surface area contributed by atoms with Crippen LogP contribution < -0.4 is 10.1 Å². The molecule has 0 saturated heterocycles. The molecule has 1 aromatic rings. The number of hydrogen-bond acceptors (Lipinski definition) is 2. The van der Waals surface area contributed by atoms with Crippen molar-refractivity contribution in [3.05, 3.63) is 28.2 Å². The summed E-state index contributed by atoms with van der Waals surface area (Å²) in [7, 11) is 3.78. The molecule has 1 rings (SSSR count). The highest BCUT2D eigenvalue weighted by Gasteiger charge is 2.10. The summed E-state index contributed by atoms with van der Waals surface area (Å²) in [4.78, 5) is 0. The van der Waals surface area contributed by atoms with Gasteiger partial charge in [0, 0.05) is 10.5 Å². The minimum absolute atomic E-state index is 0.542. The molecule has 0 aliphatic rings. The lowest BCUT2D eigenvalue weighted by molar-refractivity contribution is 0.413. The number of halogens is 1. The Morgan fingerprint density at radius 3 is 2.60 bits per heavy atom. The fourth-order valence-corrected chi connectivity index (χ4v) is 2.85. The molecule has 1 unspecified atom stereocenters. The van der Waals surface area contributed by atoms with Gasteiger partial charge in [0.05, 0.1) is 7.11 Å². The maximum absolute atomic E-state index is 5.31. The third-order valence-corrected chi connectivity index (χ3v) is 4.56. The molecule has 0 aromatic heterocycles. The molecule has 1 atom stereocenters. The Balaban J connectivity index is 2.46. The van der Waals surface area contributed by atoms with Crippen LogP contribution in [0.5, 0.6) is 5.75 Å². The van der Waals surface area contributed by atoms with Crippen molar-refractivity contribution >= 4 is 15.9 Å². The molecular formula is C17H28BrNO. The summed E-state index contributed by atoms with van der Waals surface area (Å²) >= 11 is 3.64. The first kappa shape index (κ1) is 17.5. The van der Waals surface area contributed by atoms with Gasteiger partial charge in [0.2, 0.25) is 0 Å². The van der Waals surface area contributed by atoms with E-state index in [2.05, 4.69) is 47.4 Å². The third-order valence-electron chi connectivity index (χ3n) is 3.78. The van der Waals surface area contributed by atoms with Crippen LogP contribution in [0.2, 0.25) is 0 Å². The Labute approximate surface area is 132 Å². The zero-order valence-electron chi connectivity index (χ0n) is 13.0. The molecule has 20 heavy (non-hydrogen) atoms. The lowest BCUT2D eigenvalue weighted by Gasteiger charge is -2.17. The van der Waals surface area contributed by atoms with Gasteiger partial charge in [-0.3, -0.25) is 0 Å². The van der Waals surface area contributed by atoms with Gasteiger partial charge >= 0.3 is 0 Å². The van der Waals surface area contributed by atoms with Gasteiger partial charge < -0.3 is 10.1 Å². The minimum Gasteiger partial charge on any atom is -0.497 e. The van der Waals surface area contributed by atoms with Crippen molar-refractivity contribution in [1.82, 2.24) is 5.32 Å². The second-order valence-electron chi connectivity index (χ2n) is 5.35. The lowest BCUT2D eigenvalue weighted by atomic mass is 10.00. The Morgan fingerprint density at radius 1 is 1.20 bits per heavy atom. The molecule has 0 heterocycles. The Hall–Kier alpha value is -0.540. The van der Waals surface area contributed by atoms with Gasteiger partial charge in [-0.25, -0.2) is 0 Å². The number of nitrogens with one attached hydrogen (secondary N) is 1. The van der Waals surface area contributed by atoms with Crippen LogP contribution in [0.1, 0.15) is 51.0 Å². The van der Waals surface area contributed by atoms with Crippen LogP contribution in [0, 0.1) is 0 Å². The minimum atomic E-state index is 0.542. The van der Waals surface area contributed by atoms with E-state index in [4.69, 9.17) is 4.74 Å². The Kier molecular flexibility index (Phi) is 8.95. The maximum atomic E-state index is 5.31. The number of benzene rings is 1. The summed E-state index contributed by atoms with van der Waals surface area (Å²) < 4.78 is 6.48. The van der Waals surface area contributed by atoms with Crippen molar-refractivity contribution in [2.24, 2.45) is 0 Å². The van der Waals surface area contributed by atoms with Gasteiger partial charge in [-0.05, 0) is 43.7 Å². The van der Waals surface area contributed by atoms with Gasteiger partial charge in [-0.2, -0.15) is 0 Å². The highest BCUT2D eigenvalue weighted by atomic mass is 79.9. The molecular weight excluding hydrogens is 314 g/mol. The second-order valence-corrected chi connectivity index (χ2v) is 6.20. The Morgan fingerprint density at radius 2 is 1.95 bits per heavy atom. The number of likely N-dealkylation sites (N-methyl/N-ethyl adjacent to an activating group) is 1. The van der Waals surface area contributed by atoms with E-state index in [9.17, 15) is 0 Å². The first-order chi connectivity index (χ1) is 9.71. The van der Waals surface area contributed by atoms with E-state index < -0.39 is 0 Å². The van der Waals surface area contributed by atoms with Gasteiger partial charge in [0.25, 0.3) is 0 Å². The average Bonchev–Trinajstić information content (AvgIpc) is 2.47. The van der Waals surface area contributed by atoms with E-state index in [0.717, 1.165) is 12.2 Å². The molecule has 0 amide bonds. The first-order valence-electron chi connectivity index (χ1n) is 7.71. The fourth-order valence-electron chi connectivity index (χ4n) is 2.44. The van der Waals surface area contributed by atoms with Crippen LogP contribution in [0.25, 0.3) is 0 Å². The van der Waals surface area contributed by atoms with Gasteiger partial charge in [0.15, 0.2) is 0 Å². The van der Waals surface area contributed by atoms with E-state index in [1.165, 1.54) is 48.6 Å². The van der Waals surface area contributed by atoms with Crippen LogP contribution in [0.15, 0.2) is 22.7 Å². The van der Waals surface area contributed by atoms with Crippen molar-refractivity contribution in [3.63, 3.8) is 0 Å². The van der Waals surface area contributed by atoms with Crippen LogP contribution in [-0.2, 0) is 6.42 Å². The van der Waals surface area contributed by atoms with Gasteiger partial charge in [0.1, 0.15) is 5.75 Å². The third kappa shape index (κ3) is 6.27. The van der Waals surface area contributed by atoms with Crippen molar-refractivity contribution in [2.45, 2.75) is 57.9 Å². The summed E-state index contributed by atoms with van der Waals surface area (Å²) in [6.45, 7) is 2.26. The maximum Gasteiger partial charge on any atom is 0.119 e. The van der Waals surface area contributed by atoms with Crippen molar-refractivity contribution in [3.8, 4) is 5.75 Å². The monoisotopic (exact) mass is 341 g/mol. The quantitative estimate of drug-likeness (QED) is 0.608. The smallest absolute Gasteiger partial charge is 0.119 e. The topological polar surface area (TPSA) is 21.3 Å². The number of rotatable bonds is 10. The molecule has 0 spiro atoms. The lowest BCUT2D eigenvalue weighted by Crippen LogP contribution is -2.27. The highest BCUT2D eigenvalue weighted by Crippen LogP contribution is 2.24. The molecule has 0 fully saturated rings. The van der Waals surface area contributed by atoms with Crippen LogP contribution in [0.4, 0.5) is 0 Å². The number of hydrogen-bond donors (Lipinski definition) is 1. The summed E-state index contributed by atoms with van der Waals surface area (Å²) in [6, 6.07) is 6.74. The Bertz CT molecular complexity index is 381. The predicted octanol–water partition coefficient (Wildman–Crippen LogP) is 4.95. The van der Waals surface area contributed by atoms with E-state index in [1.54, 1.807) is 7.11 Å². The zero-order chi connectivity index (χ0) is 14.8. The normalized spacial score (nSPS) is 12.4. The fraction of sp³-hybridized carbons (Fsp3) is 0.647. The summed E-state index contributed by atoms with van der Waals surface area (Å²) in [5, 5.41) is 3.44. The molecule has 0 aliphatic heterocycles. The van der Waals surface area contributed by atoms with Crippen molar-refractivity contribution in [1.29, 1.82) is 0 Å². The molecule has 0 aliphatic carbocycles. The molecule has 0 bridgehead atoms. The number of unbranched alkanes of at least 4 members (excludes halogenated alkanes) is 4. The molecule has 3 heteroatoms. The SMILES string of the molecule is CCCCCCCC(Cc1cc(OC)ccc1Br)NC. The molecule has 2 nitrogen and oxygen atoms in total. The van der Waals surface area contributed by atoms with E-state index >= 15 is 0 Å². The molecule has 1 aromatic carbocycles. The standard InChI is InChI=1S/C17H28BrNO/c1-4-5-6-7-8-9-15(19-2)12-14-13-16(20-3)10-11-17(14)18/h10-11,13,15,19H,4-9,12H2,1-3H3. The van der Waals surface area contributed by atoms with Crippen molar-refractivity contribution < 1.29 is 4.74 Å². The summed E-state index contributed by atoms with van der Waals surface area (Å²) in [5.41, 5.74) is 1.32. The average molecular weight is 342 g/mol. The van der Waals surface area contributed by atoms with E-state index in [-0.39, 0.29) is 0 Å². The largest absolute Gasteiger partial charge is 0.497 e.